The van der Waals surface area contributed by atoms with E-state index in [-0.39, 0.29) is 29.4 Å². The predicted molar refractivity (Wildman–Crippen MR) is 113 cm³/mol. The Bertz CT molecular complexity index is 1040. The molecule has 2 aromatic rings. The van der Waals surface area contributed by atoms with Crippen molar-refractivity contribution in [2.75, 3.05) is 50.2 Å². The van der Waals surface area contributed by atoms with Crippen LogP contribution in [0, 0.1) is 10.1 Å². The lowest BCUT2D eigenvalue weighted by Crippen LogP contribution is -2.36. The molecule has 0 saturated carbocycles. The van der Waals surface area contributed by atoms with Crippen LogP contribution in [0.2, 0.25) is 0 Å². The molecule has 0 radical (unpaired) electrons. The summed E-state index contributed by atoms with van der Waals surface area (Å²) in [5.74, 6) is -0.819. The minimum absolute atomic E-state index is 0.0492. The lowest BCUT2D eigenvalue weighted by atomic mass is 10.1. The fourth-order valence-corrected chi connectivity index (χ4v) is 3.39. The molecule has 0 aromatic heterocycles. The Hall–Kier alpha value is -3.54. The molecule has 1 aliphatic rings. The molecule has 1 aliphatic heterocycles. The Morgan fingerprint density at radius 1 is 1.21 bits per heavy atom. The largest absolute Gasteiger partial charge is 0.493 e. The maximum Gasteiger partial charge on any atom is 0.416 e. The van der Waals surface area contributed by atoms with Gasteiger partial charge in [-0.3, -0.25) is 14.9 Å². The first kappa shape index (κ1) is 24.1. The second kappa shape index (κ2) is 9.94. The van der Waals surface area contributed by atoms with Crippen molar-refractivity contribution in [3.05, 3.63) is 51.6 Å². The van der Waals surface area contributed by atoms with E-state index >= 15 is 0 Å². The van der Waals surface area contributed by atoms with Crippen molar-refractivity contribution in [2.24, 2.45) is 0 Å². The first-order chi connectivity index (χ1) is 15.7. The molecule has 0 atom stereocenters. The molecule has 0 aliphatic carbocycles. The number of nitro groups is 1. The number of rotatable bonds is 7. The normalized spacial score (nSPS) is 14.0. The van der Waals surface area contributed by atoms with E-state index in [4.69, 9.17) is 14.2 Å². The van der Waals surface area contributed by atoms with E-state index in [0.29, 0.717) is 32.0 Å². The van der Waals surface area contributed by atoms with Crippen molar-refractivity contribution in [2.45, 2.75) is 13.1 Å². The van der Waals surface area contributed by atoms with Crippen LogP contribution in [0.5, 0.6) is 11.5 Å². The van der Waals surface area contributed by atoms with E-state index in [9.17, 15) is 28.1 Å². The molecule has 1 saturated heterocycles. The minimum atomic E-state index is -4.64. The zero-order valence-corrected chi connectivity index (χ0v) is 17.9. The van der Waals surface area contributed by atoms with Crippen LogP contribution in [0.15, 0.2) is 30.3 Å². The van der Waals surface area contributed by atoms with Gasteiger partial charge in [0.15, 0.2) is 11.5 Å². The van der Waals surface area contributed by atoms with Crippen molar-refractivity contribution in [1.82, 2.24) is 0 Å². The highest BCUT2D eigenvalue weighted by Gasteiger charge is 2.32. The number of amides is 1. The summed E-state index contributed by atoms with van der Waals surface area (Å²) in [5.41, 5.74) is -1.70. The Morgan fingerprint density at radius 3 is 2.48 bits per heavy atom. The molecule has 12 heteroatoms. The molecule has 0 bridgehead atoms. The molecular formula is C21H22F3N3O6. The van der Waals surface area contributed by atoms with Gasteiger partial charge in [-0.1, -0.05) is 0 Å². The van der Waals surface area contributed by atoms with Crippen LogP contribution in [0.4, 0.5) is 30.2 Å². The number of ether oxygens (including phenoxy) is 3. The van der Waals surface area contributed by atoms with Crippen molar-refractivity contribution in [3.63, 3.8) is 0 Å². The van der Waals surface area contributed by atoms with Crippen LogP contribution < -0.4 is 19.7 Å². The summed E-state index contributed by atoms with van der Waals surface area (Å²) in [4.78, 5) is 25.6. The number of methoxy groups -OCH3 is 1. The van der Waals surface area contributed by atoms with Gasteiger partial charge in [0, 0.05) is 19.2 Å². The summed E-state index contributed by atoms with van der Waals surface area (Å²) in [6, 6.07) is 5.16. The third kappa shape index (κ3) is 5.45. The molecule has 2 aromatic carbocycles. The van der Waals surface area contributed by atoms with Crippen LogP contribution in [-0.4, -0.2) is 50.9 Å². The smallest absolute Gasteiger partial charge is 0.416 e. The first-order valence-corrected chi connectivity index (χ1v) is 10.00. The highest BCUT2D eigenvalue weighted by molar-refractivity contribution is 6.09. The van der Waals surface area contributed by atoms with Crippen LogP contribution in [0.25, 0.3) is 0 Å². The molecule has 0 unspecified atom stereocenters. The standard InChI is InChI=1S/C21H22F3N3O6/c1-3-33-19-11-14(17(27(29)30)12-18(19)31-2)20(28)25-15-10-13(21(22,23)24)4-5-16(15)26-6-8-32-9-7-26/h4-5,10-12H,3,6-9H2,1-2H3,(H,25,28). The van der Waals surface area contributed by atoms with Gasteiger partial charge in [0.25, 0.3) is 11.6 Å². The van der Waals surface area contributed by atoms with Gasteiger partial charge in [-0.15, -0.1) is 0 Å². The Morgan fingerprint density at radius 2 is 1.91 bits per heavy atom. The fourth-order valence-electron chi connectivity index (χ4n) is 3.39. The average molecular weight is 469 g/mol. The zero-order valence-electron chi connectivity index (χ0n) is 17.9. The van der Waals surface area contributed by atoms with Gasteiger partial charge in [0.1, 0.15) is 5.56 Å². The summed E-state index contributed by atoms with van der Waals surface area (Å²) in [6.07, 6.45) is -4.64. The number of halogens is 3. The number of nitro benzene ring substituents is 1. The quantitative estimate of drug-likeness (QED) is 0.481. The molecule has 3 rings (SSSR count). The van der Waals surface area contributed by atoms with Gasteiger partial charge in [-0.25, -0.2) is 0 Å². The molecular weight excluding hydrogens is 447 g/mol. The highest BCUT2D eigenvalue weighted by atomic mass is 19.4. The number of hydrogen-bond acceptors (Lipinski definition) is 7. The number of hydrogen-bond donors (Lipinski definition) is 1. The van der Waals surface area contributed by atoms with Gasteiger partial charge in [-0.05, 0) is 25.1 Å². The number of nitrogens with one attached hydrogen (secondary N) is 1. The summed E-state index contributed by atoms with van der Waals surface area (Å²) < 4.78 is 55.7. The van der Waals surface area contributed by atoms with E-state index in [1.165, 1.54) is 13.2 Å². The topological polar surface area (TPSA) is 103 Å². The molecule has 0 spiro atoms. The minimum Gasteiger partial charge on any atom is -0.493 e. The van der Waals surface area contributed by atoms with E-state index in [2.05, 4.69) is 5.32 Å². The zero-order chi connectivity index (χ0) is 24.2. The number of carbonyl (C=O) groups is 1. The molecule has 1 fully saturated rings. The Balaban J connectivity index is 2.05. The number of carbonyl (C=O) groups excluding carboxylic acids is 1. The van der Waals surface area contributed by atoms with E-state index in [1.54, 1.807) is 11.8 Å². The van der Waals surface area contributed by atoms with Crippen LogP contribution in [-0.2, 0) is 10.9 Å². The van der Waals surface area contributed by atoms with Crippen molar-refractivity contribution in [1.29, 1.82) is 0 Å². The lowest BCUT2D eigenvalue weighted by molar-refractivity contribution is -0.385. The van der Waals surface area contributed by atoms with Gasteiger partial charge in [0.2, 0.25) is 0 Å². The second-order valence-corrected chi connectivity index (χ2v) is 6.99. The van der Waals surface area contributed by atoms with Crippen molar-refractivity contribution >= 4 is 23.0 Å². The van der Waals surface area contributed by atoms with Gasteiger partial charge >= 0.3 is 6.18 Å². The number of alkyl halides is 3. The van der Waals surface area contributed by atoms with Gasteiger partial charge in [-0.2, -0.15) is 13.2 Å². The Labute approximate surface area is 187 Å². The van der Waals surface area contributed by atoms with E-state index in [1.807, 2.05) is 0 Å². The van der Waals surface area contributed by atoms with Gasteiger partial charge in [0.05, 0.1) is 54.9 Å². The van der Waals surface area contributed by atoms with E-state index < -0.39 is 28.3 Å². The first-order valence-electron chi connectivity index (χ1n) is 10.00. The summed E-state index contributed by atoms with van der Waals surface area (Å²) in [6.45, 7) is 3.44. The third-order valence-corrected chi connectivity index (χ3v) is 4.95. The monoisotopic (exact) mass is 469 g/mol. The van der Waals surface area contributed by atoms with Crippen LogP contribution in [0.3, 0.4) is 0 Å². The molecule has 1 amide bonds. The number of morpholine rings is 1. The number of anilines is 2. The highest BCUT2D eigenvalue weighted by Crippen LogP contribution is 2.38. The van der Waals surface area contributed by atoms with Crippen molar-refractivity contribution < 1.29 is 37.1 Å². The molecule has 1 N–H and O–H groups in total. The summed E-state index contributed by atoms with van der Waals surface area (Å²) in [5, 5.41) is 14.0. The summed E-state index contributed by atoms with van der Waals surface area (Å²) in [7, 11) is 1.29. The molecule has 178 valence electrons. The predicted octanol–water partition coefficient (Wildman–Crippen LogP) is 4.11. The summed E-state index contributed by atoms with van der Waals surface area (Å²) >= 11 is 0. The SMILES string of the molecule is CCOc1cc(C(=O)Nc2cc(C(F)(F)F)ccc2N2CCOCC2)c([N+](=O)[O-])cc1OC. The van der Waals surface area contributed by atoms with Crippen molar-refractivity contribution in [3.8, 4) is 11.5 Å². The third-order valence-electron chi connectivity index (χ3n) is 4.95. The molecule has 1 heterocycles. The Kier molecular flexibility index (Phi) is 7.26. The lowest BCUT2D eigenvalue weighted by Gasteiger charge is -2.31. The molecule has 9 nitrogen and oxygen atoms in total. The number of benzene rings is 2. The molecule has 33 heavy (non-hydrogen) atoms. The van der Waals surface area contributed by atoms with Crippen LogP contribution >= 0.6 is 0 Å². The second-order valence-electron chi connectivity index (χ2n) is 6.99. The maximum atomic E-state index is 13.3. The number of nitrogens with zero attached hydrogens (tertiary/aromatic N) is 2. The fraction of sp³-hybridized carbons (Fsp3) is 0.381. The average Bonchev–Trinajstić information content (AvgIpc) is 2.78. The van der Waals surface area contributed by atoms with Crippen LogP contribution in [0.1, 0.15) is 22.8 Å². The van der Waals surface area contributed by atoms with E-state index in [0.717, 1.165) is 24.3 Å². The van der Waals surface area contributed by atoms with Gasteiger partial charge < -0.3 is 24.4 Å². The maximum absolute atomic E-state index is 13.3.